The minimum absolute atomic E-state index is 0.580. The molecular weight excluding hydrogens is 326 g/mol. The molecule has 6 heteroatoms. The Balaban J connectivity index is 1.31. The lowest BCUT2D eigenvalue weighted by Gasteiger charge is -2.31. The molecule has 26 heavy (non-hydrogen) atoms. The van der Waals surface area contributed by atoms with Crippen LogP contribution < -0.4 is 0 Å². The fourth-order valence-corrected chi connectivity index (χ4v) is 3.43. The van der Waals surface area contributed by atoms with Gasteiger partial charge in [0.05, 0.1) is 5.69 Å². The lowest BCUT2D eigenvalue weighted by molar-refractivity contribution is 0.169. The average Bonchev–Trinajstić information content (AvgIpc) is 3.13. The monoisotopic (exact) mass is 349 g/mol. The number of hydrogen-bond acceptors (Lipinski definition) is 6. The summed E-state index contributed by atoms with van der Waals surface area (Å²) >= 11 is 0. The topological polar surface area (TPSA) is 67.9 Å². The van der Waals surface area contributed by atoms with Crippen LogP contribution in [0.1, 0.15) is 30.1 Å². The van der Waals surface area contributed by atoms with Crippen LogP contribution in [0.5, 0.6) is 0 Å². The minimum atomic E-state index is 0.580. The van der Waals surface area contributed by atoms with Gasteiger partial charge in [-0.3, -0.25) is 9.88 Å². The SMILES string of the molecule is Cc1cccc(-c2noc(CC3CCN(Cc4ccccn4)CC3)n2)n1. The van der Waals surface area contributed by atoms with E-state index < -0.39 is 0 Å². The Morgan fingerprint density at radius 1 is 1.08 bits per heavy atom. The highest BCUT2D eigenvalue weighted by molar-refractivity contribution is 5.47. The van der Waals surface area contributed by atoms with E-state index >= 15 is 0 Å². The van der Waals surface area contributed by atoms with E-state index in [2.05, 4.69) is 31.1 Å². The highest BCUT2D eigenvalue weighted by Crippen LogP contribution is 2.23. The summed E-state index contributed by atoms with van der Waals surface area (Å²) in [6.07, 6.45) is 5.00. The molecule has 1 aliphatic heterocycles. The molecule has 6 nitrogen and oxygen atoms in total. The third kappa shape index (κ3) is 4.14. The van der Waals surface area contributed by atoms with Crippen LogP contribution in [0.3, 0.4) is 0 Å². The van der Waals surface area contributed by atoms with Crippen LogP contribution in [-0.2, 0) is 13.0 Å². The molecule has 0 aliphatic carbocycles. The van der Waals surface area contributed by atoms with Crippen molar-refractivity contribution in [2.45, 2.75) is 32.7 Å². The van der Waals surface area contributed by atoms with Gasteiger partial charge in [0.2, 0.25) is 11.7 Å². The molecule has 0 spiro atoms. The van der Waals surface area contributed by atoms with Gasteiger partial charge >= 0.3 is 0 Å². The summed E-state index contributed by atoms with van der Waals surface area (Å²) in [5, 5.41) is 4.10. The Bertz CT molecular complexity index is 840. The van der Waals surface area contributed by atoms with Crippen molar-refractivity contribution in [1.82, 2.24) is 25.0 Å². The summed E-state index contributed by atoms with van der Waals surface area (Å²) in [6, 6.07) is 11.9. The van der Waals surface area contributed by atoms with E-state index in [1.54, 1.807) is 0 Å². The highest BCUT2D eigenvalue weighted by Gasteiger charge is 2.22. The Morgan fingerprint density at radius 2 is 1.96 bits per heavy atom. The third-order valence-electron chi connectivity index (χ3n) is 4.87. The zero-order chi connectivity index (χ0) is 17.8. The first-order chi connectivity index (χ1) is 12.8. The van der Waals surface area contributed by atoms with Crippen molar-refractivity contribution in [1.29, 1.82) is 0 Å². The van der Waals surface area contributed by atoms with Crippen LogP contribution in [0.4, 0.5) is 0 Å². The van der Waals surface area contributed by atoms with Gasteiger partial charge in [0.15, 0.2) is 0 Å². The van der Waals surface area contributed by atoms with Gasteiger partial charge in [-0.25, -0.2) is 4.98 Å². The summed E-state index contributed by atoms with van der Waals surface area (Å²) in [6.45, 7) is 5.06. The molecule has 3 aromatic rings. The predicted octanol–water partition coefficient (Wildman–Crippen LogP) is 3.29. The molecule has 1 fully saturated rings. The first-order valence-electron chi connectivity index (χ1n) is 9.15. The zero-order valence-corrected chi connectivity index (χ0v) is 15.0. The van der Waals surface area contributed by atoms with E-state index in [1.165, 1.54) is 0 Å². The second kappa shape index (κ2) is 7.74. The molecule has 0 radical (unpaired) electrons. The van der Waals surface area contributed by atoms with Crippen LogP contribution in [-0.4, -0.2) is 38.1 Å². The highest BCUT2D eigenvalue weighted by atomic mass is 16.5. The summed E-state index contributed by atoms with van der Waals surface area (Å²) in [5.41, 5.74) is 2.86. The molecule has 4 rings (SSSR count). The van der Waals surface area contributed by atoms with Crippen LogP contribution in [0.15, 0.2) is 47.1 Å². The molecule has 0 bridgehead atoms. The predicted molar refractivity (Wildman–Crippen MR) is 98.2 cm³/mol. The van der Waals surface area contributed by atoms with E-state index in [0.29, 0.717) is 17.6 Å². The Kier molecular flexibility index (Phi) is 5.02. The fraction of sp³-hybridized carbons (Fsp3) is 0.400. The number of aromatic nitrogens is 4. The molecule has 4 heterocycles. The largest absolute Gasteiger partial charge is 0.339 e. The summed E-state index contributed by atoms with van der Waals surface area (Å²) < 4.78 is 5.46. The molecule has 1 saturated heterocycles. The van der Waals surface area contributed by atoms with Gasteiger partial charge in [-0.15, -0.1) is 0 Å². The van der Waals surface area contributed by atoms with Gasteiger partial charge in [0, 0.05) is 24.9 Å². The number of aryl methyl sites for hydroxylation is 1. The van der Waals surface area contributed by atoms with E-state index in [9.17, 15) is 0 Å². The summed E-state index contributed by atoms with van der Waals surface area (Å²) in [4.78, 5) is 15.9. The molecule has 0 atom stereocenters. The van der Waals surface area contributed by atoms with E-state index in [-0.39, 0.29) is 0 Å². The lowest BCUT2D eigenvalue weighted by atomic mass is 9.93. The van der Waals surface area contributed by atoms with Crippen molar-refractivity contribution in [2.75, 3.05) is 13.1 Å². The first kappa shape index (κ1) is 16.8. The van der Waals surface area contributed by atoms with Crippen molar-refractivity contribution in [2.24, 2.45) is 5.92 Å². The maximum absolute atomic E-state index is 5.46. The molecule has 0 unspecified atom stereocenters. The number of hydrogen-bond donors (Lipinski definition) is 0. The normalized spacial score (nSPS) is 16.0. The Labute approximate surface area is 153 Å². The fourth-order valence-electron chi connectivity index (χ4n) is 3.43. The smallest absolute Gasteiger partial charge is 0.227 e. The number of rotatable bonds is 5. The number of nitrogens with zero attached hydrogens (tertiary/aromatic N) is 5. The molecule has 1 aliphatic rings. The molecule has 3 aromatic heterocycles. The number of piperidine rings is 1. The Morgan fingerprint density at radius 3 is 2.73 bits per heavy atom. The van der Waals surface area contributed by atoms with Gasteiger partial charge in [-0.2, -0.15) is 4.98 Å². The number of pyridine rings is 2. The van der Waals surface area contributed by atoms with Gasteiger partial charge in [-0.1, -0.05) is 17.3 Å². The van der Waals surface area contributed by atoms with Gasteiger partial charge < -0.3 is 4.52 Å². The minimum Gasteiger partial charge on any atom is -0.339 e. The Hall–Kier alpha value is -2.60. The lowest BCUT2D eigenvalue weighted by Crippen LogP contribution is -2.34. The standard InChI is InChI=1S/C20H23N5O/c1-15-5-4-7-18(22-15)20-23-19(26-24-20)13-16-8-11-25(12-9-16)14-17-6-2-3-10-21-17/h2-7,10,16H,8-9,11-14H2,1H3. The maximum Gasteiger partial charge on any atom is 0.227 e. The second-order valence-electron chi connectivity index (χ2n) is 6.92. The van der Waals surface area contributed by atoms with Crippen LogP contribution >= 0.6 is 0 Å². The van der Waals surface area contributed by atoms with Gasteiger partial charge in [-0.05, 0) is 63.0 Å². The van der Waals surface area contributed by atoms with E-state index in [1.807, 2.05) is 43.5 Å². The zero-order valence-electron chi connectivity index (χ0n) is 15.0. The van der Waals surface area contributed by atoms with Crippen LogP contribution in [0.2, 0.25) is 0 Å². The summed E-state index contributed by atoms with van der Waals surface area (Å²) in [7, 11) is 0. The van der Waals surface area contributed by atoms with Crippen molar-refractivity contribution >= 4 is 0 Å². The van der Waals surface area contributed by atoms with Crippen molar-refractivity contribution in [3.63, 3.8) is 0 Å². The molecule has 0 amide bonds. The van der Waals surface area contributed by atoms with E-state index in [4.69, 9.17) is 4.52 Å². The quantitative estimate of drug-likeness (QED) is 0.704. The van der Waals surface area contributed by atoms with Gasteiger partial charge in [0.25, 0.3) is 0 Å². The van der Waals surface area contributed by atoms with Crippen molar-refractivity contribution in [3.8, 4) is 11.5 Å². The van der Waals surface area contributed by atoms with Crippen molar-refractivity contribution in [3.05, 3.63) is 59.9 Å². The van der Waals surface area contributed by atoms with Crippen LogP contribution in [0.25, 0.3) is 11.5 Å². The molecule has 134 valence electrons. The molecular formula is C20H23N5O. The molecule has 0 saturated carbocycles. The molecule has 0 N–H and O–H groups in total. The first-order valence-corrected chi connectivity index (χ1v) is 9.15. The molecule has 0 aromatic carbocycles. The van der Waals surface area contributed by atoms with Crippen LogP contribution in [0, 0.1) is 12.8 Å². The van der Waals surface area contributed by atoms with Gasteiger partial charge in [0.1, 0.15) is 5.69 Å². The third-order valence-corrected chi connectivity index (χ3v) is 4.87. The van der Waals surface area contributed by atoms with Crippen molar-refractivity contribution < 1.29 is 4.52 Å². The summed E-state index contributed by atoms with van der Waals surface area (Å²) in [5.74, 6) is 1.89. The second-order valence-corrected chi connectivity index (χ2v) is 6.92. The van der Waals surface area contributed by atoms with E-state index in [0.717, 1.165) is 56.0 Å². The average molecular weight is 349 g/mol. The maximum atomic E-state index is 5.46. The number of likely N-dealkylation sites (tertiary alicyclic amines) is 1.